The molecule has 0 aliphatic rings. The van der Waals surface area contributed by atoms with Crippen LogP contribution in [0.5, 0.6) is 0 Å². The van der Waals surface area contributed by atoms with Gasteiger partial charge in [-0.2, -0.15) is 0 Å². The average Bonchev–Trinajstić information content (AvgIpc) is 2.26. The standard InChI is InChI=1S/C10H13BrN2O3/c11-8-3-1-2-7(10(12)16)9(8)13-4-6(15)5-14/h1-3,6,13-15H,4-5H2,(H2,12,16). The molecule has 0 aliphatic carbocycles. The maximum atomic E-state index is 11.1. The van der Waals surface area contributed by atoms with E-state index >= 15 is 0 Å². The van der Waals surface area contributed by atoms with Crippen molar-refractivity contribution in [2.75, 3.05) is 18.5 Å². The third kappa shape index (κ3) is 3.19. The first kappa shape index (κ1) is 13.0. The second kappa shape index (κ2) is 5.83. The molecule has 0 bridgehead atoms. The lowest BCUT2D eigenvalue weighted by molar-refractivity contribution is 0.0998. The summed E-state index contributed by atoms with van der Waals surface area (Å²) < 4.78 is 0.675. The lowest BCUT2D eigenvalue weighted by Gasteiger charge is -2.14. The number of nitrogens with one attached hydrogen (secondary N) is 1. The molecule has 1 amide bonds. The van der Waals surface area contributed by atoms with Crippen LogP contribution in [0.4, 0.5) is 5.69 Å². The zero-order chi connectivity index (χ0) is 12.1. The minimum atomic E-state index is -0.882. The number of halogens is 1. The molecule has 0 aromatic heterocycles. The molecule has 1 unspecified atom stereocenters. The maximum absolute atomic E-state index is 11.1. The molecular weight excluding hydrogens is 276 g/mol. The fraction of sp³-hybridized carbons (Fsp3) is 0.300. The molecule has 16 heavy (non-hydrogen) atoms. The van der Waals surface area contributed by atoms with Crippen LogP contribution in [0.3, 0.4) is 0 Å². The van der Waals surface area contributed by atoms with Gasteiger partial charge < -0.3 is 21.3 Å². The van der Waals surface area contributed by atoms with Gasteiger partial charge in [-0.1, -0.05) is 6.07 Å². The van der Waals surface area contributed by atoms with Crippen LogP contribution < -0.4 is 11.1 Å². The van der Waals surface area contributed by atoms with Gasteiger partial charge in [0.25, 0.3) is 5.91 Å². The molecule has 1 atom stereocenters. The first-order valence-corrected chi connectivity index (χ1v) is 5.46. The van der Waals surface area contributed by atoms with Crippen LogP contribution in [0.25, 0.3) is 0 Å². The summed E-state index contributed by atoms with van der Waals surface area (Å²) in [4.78, 5) is 11.1. The van der Waals surface area contributed by atoms with E-state index in [1.165, 1.54) is 0 Å². The van der Waals surface area contributed by atoms with Crippen molar-refractivity contribution in [3.05, 3.63) is 28.2 Å². The Kier molecular flexibility index (Phi) is 4.72. The predicted octanol–water partition coefficient (Wildman–Crippen LogP) is 0.313. The summed E-state index contributed by atoms with van der Waals surface area (Å²) in [5, 5.41) is 20.7. The van der Waals surface area contributed by atoms with Crippen molar-refractivity contribution in [2.24, 2.45) is 5.73 Å². The molecular formula is C10H13BrN2O3. The van der Waals surface area contributed by atoms with Gasteiger partial charge in [-0.3, -0.25) is 4.79 Å². The Balaban J connectivity index is 2.88. The highest BCUT2D eigenvalue weighted by molar-refractivity contribution is 9.10. The molecule has 0 aliphatic heterocycles. The number of carbonyl (C=O) groups is 1. The van der Waals surface area contributed by atoms with E-state index in [0.29, 0.717) is 15.7 Å². The Morgan fingerprint density at radius 3 is 2.81 bits per heavy atom. The summed E-state index contributed by atoms with van der Waals surface area (Å²) >= 11 is 3.27. The number of amides is 1. The first-order valence-electron chi connectivity index (χ1n) is 4.67. The predicted molar refractivity (Wildman–Crippen MR) is 64.2 cm³/mol. The van der Waals surface area contributed by atoms with Crippen molar-refractivity contribution in [3.8, 4) is 0 Å². The van der Waals surface area contributed by atoms with E-state index in [4.69, 9.17) is 10.8 Å². The summed E-state index contributed by atoms with van der Waals surface area (Å²) in [6, 6.07) is 5.03. The van der Waals surface area contributed by atoms with Crippen LogP contribution in [0.15, 0.2) is 22.7 Å². The third-order valence-corrected chi connectivity index (χ3v) is 2.67. The lowest BCUT2D eigenvalue weighted by atomic mass is 10.1. The Bertz CT molecular complexity index is 384. The Hall–Kier alpha value is -1.11. The number of primary amides is 1. The van der Waals surface area contributed by atoms with Gasteiger partial charge in [-0.15, -0.1) is 0 Å². The minimum Gasteiger partial charge on any atom is -0.394 e. The fourth-order valence-electron chi connectivity index (χ4n) is 1.19. The molecule has 0 fully saturated rings. The number of anilines is 1. The summed E-state index contributed by atoms with van der Waals surface area (Å²) in [6.07, 6.45) is -0.882. The van der Waals surface area contributed by atoms with Crippen molar-refractivity contribution in [1.29, 1.82) is 0 Å². The molecule has 88 valence electrons. The van der Waals surface area contributed by atoms with Gasteiger partial charge in [0.2, 0.25) is 0 Å². The van der Waals surface area contributed by atoms with E-state index in [9.17, 15) is 9.90 Å². The van der Waals surface area contributed by atoms with Crippen molar-refractivity contribution in [3.63, 3.8) is 0 Å². The molecule has 0 radical (unpaired) electrons. The van der Waals surface area contributed by atoms with E-state index in [1.54, 1.807) is 18.2 Å². The number of carbonyl (C=O) groups excluding carboxylic acids is 1. The quantitative estimate of drug-likeness (QED) is 0.627. The highest BCUT2D eigenvalue weighted by Crippen LogP contribution is 2.26. The molecule has 5 N–H and O–H groups in total. The minimum absolute atomic E-state index is 0.138. The lowest BCUT2D eigenvalue weighted by Crippen LogP contribution is -2.24. The van der Waals surface area contributed by atoms with Crippen molar-refractivity contribution in [1.82, 2.24) is 0 Å². The summed E-state index contributed by atoms with van der Waals surface area (Å²) in [6.45, 7) is -0.206. The number of hydrogen-bond acceptors (Lipinski definition) is 4. The van der Waals surface area contributed by atoms with E-state index < -0.39 is 12.0 Å². The number of hydrogen-bond donors (Lipinski definition) is 4. The smallest absolute Gasteiger partial charge is 0.250 e. The highest BCUT2D eigenvalue weighted by Gasteiger charge is 2.12. The second-order valence-corrected chi connectivity index (χ2v) is 4.10. The number of benzene rings is 1. The van der Waals surface area contributed by atoms with Crippen LogP contribution in [0, 0.1) is 0 Å². The van der Waals surface area contributed by atoms with Gasteiger partial charge in [0.05, 0.1) is 24.0 Å². The van der Waals surface area contributed by atoms with Gasteiger partial charge in [0.15, 0.2) is 0 Å². The molecule has 0 saturated carbocycles. The van der Waals surface area contributed by atoms with Crippen molar-refractivity contribution >= 4 is 27.5 Å². The van der Waals surface area contributed by atoms with Crippen LogP contribution in [-0.2, 0) is 0 Å². The normalized spacial score (nSPS) is 12.2. The number of aliphatic hydroxyl groups is 2. The van der Waals surface area contributed by atoms with Crippen LogP contribution in [0.2, 0.25) is 0 Å². The number of para-hydroxylation sites is 1. The maximum Gasteiger partial charge on any atom is 0.250 e. The summed E-state index contributed by atoms with van der Waals surface area (Å²) in [5.74, 6) is -0.553. The highest BCUT2D eigenvalue weighted by atomic mass is 79.9. The Morgan fingerprint density at radius 2 is 2.25 bits per heavy atom. The van der Waals surface area contributed by atoms with E-state index in [-0.39, 0.29) is 13.2 Å². The monoisotopic (exact) mass is 288 g/mol. The van der Waals surface area contributed by atoms with Gasteiger partial charge in [0.1, 0.15) is 0 Å². The molecule has 6 heteroatoms. The zero-order valence-corrected chi connectivity index (χ0v) is 10.1. The van der Waals surface area contributed by atoms with Gasteiger partial charge >= 0.3 is 0 Å². The number of rotatable bonds is 5. The molecule has 1 aromatic rings. The fourth-order valence-corrected chi connectivity index (χ4v) is 1.70. The molecule has 0 spiro atoms. The second-order valence-electron chi connectivity index (χ2n) is 3.24. The van der Waals surface area contributed by atoms with Crippen LogP contribution in [-0.4, -0.2) is 35.4 Å². The first-order chi connectivity index (χ1) is 7.56. The van der Waals surface area contributed by atoms with Crippen molar-refractivity contribution in [2.45, 2.75) is 6.10 Å². The molecule has 0 saturated heterocycles. The Morgan fingerprint density at radius 1 is 1.56 bits per heavy atom. The topological polar surface area (TPSA) is 95.6 Å². The largest absolute Gasteiger partial charge is 0.394 e. The molecule has 5 nitrogen and oxygen atoms in total. The van der Waals surface area contributed by atoms with Gasteiger partial charge in [-0.25, -0.2) is 0 Å². The number of aliphatic hydroxyl groups excluding tert-OH is 2. The van der Waals surface area contributed by atoms with Crippen molar-refractivity contribution < 1.29 is 15.0 Å². The van der Waals surface area contributed by atoms with Crippen LogP contribution >= 0.6 is 15.9 Å². The van der Waals surface area contributed by atoms with Gasteiger partial charge in [0, 0.05) is 11.0 Å². The number of nitrogens with two attached hydrogens (primary N) is 1. The average molecular weight is 289 g/mol. The summed E-state index contributed by atoms with van der Waals surface area (Å²) in [5.41, 5.74) is 6.06. The zero-order valence-electron chi connectivity index (χ0n) is 8.48. The molecule has 1 rings (SSSR count). The third-order valence-electron chi connectivity index (χ3n) is 2.00. The SMILES string of the molecule is NC(=O)c1cccc(Br)c1NCC(O)CO. The summed E-state index contributed by atoms with van der Waals surface area (Å²) in [7, 11) is 0. The van der Waals surface area contributed by atoms with Crippen LogP contribution in [0.1, 0.15) is 10.4 Å². The van der Waals surface area contributed by atoms with E-state index in [1.807, 2.05) is 0 Å². The van der Waals surface area contributed by atoms with E-state index in [2.05, 4.69) is 21.2 Å². The molecule has 1 aromatic carbocycles. The van der Waals surface area contributed by atoms with Gasteiger partial charge in [-0.05, 0) is 28.1 Å². The van der Waals surface area contributed by atoms with E-state index in [0.717, 1.165) is 0 Å². The molecule has 0 heterocycles. The Labute approximate surface area is 101 Å².